The second kappa shape index (κ2) is 7.85. The maximum absolute atomic E-state index is 12.3. The van der Waals surface area contributed by atoms with Crippen LogP contribution in [0.15, 0.2) is 0 Å². The number of carbonyl (C=O) groups excluding carboxylic acids is 1. The van der Waals surface area contributed by atoms with Crippen molar-refractivity contribution in [3.05, 3.63) is 0 Å². The molecule has 0 aliphatic heterocycles. The molecule has 19 heavy (non-hydrogen) atoms. The van der Waals surface area contributed by atoms with Crippen LogP contribution in [0.1, 0.15) is 46.0 Å². The lowest BCUT2D eigenvalue weighted by molar-refractivity contribution is -0.128. The molecule has 0 saturated heterocycles. The Hall–Kier alpha value is -0.610. The number of nitrogens with two attached hydrogens (primary N) is 1. The number of amides is 1. The molecule has 1 rings (SSSR count). The normalized spacial score (nSPS) is 24.2. The Morgan fingerprint density at radius 1 is 1.37 bits per heavy atom. The SMILES string of the molecule is COCCC(C)(C)CNC(=O)C1CCCCC1CN. The lowest BCUT2D eigenvalue weighted by Crippen LogP contribution is -2.42. The summed E-state index contributed by atoms with van der Waals surface area (Å²) in [4.78, 5) is 12.3. The lowest BCUT2D eigenvalue weighted by atomic mass is 9.78. The van der Waals surface area contributed by atoms with Gasteiger partial charge in [-0.1, -0.05) is 26.7 Å². The standard InChI is InChI=1S/C15H30N2O2/c1-15(2,8-9-19-3)11-17-14(18)13-7-5-4-6-12(13)10-16/h12-13H,4-11,16H2,1-3H3,(H,17,18). The minimum Gasteiger partial charge on any atom is -0.385 e. The molecule has 0 aromatic carbocycles. The monoisotopic (exact) mass is 270 g/mol. The molecular weight excluding hydrogens is 240 g/mol. The highest BCUT2D eigenvalue weighted by molar-refractivity contribution is 5.79. The van der Waals surface area contributed by atoms with Gasteiger partial charge in [0.05, 0.1) is 0 Å². The van der Waals surface area contributed by atoms with Crippen molar-refractivity contribution in [2.45, 2.75) is 46.0 Å². The molecule has 1 aliphatic carbocycles. The zero-order valence-corrected chi connectivity index (χ0v) is 12.7. The van der Waals surface area contributed by atoms with E-state index in [2.05, 4.69) is 19.2 Å². The van der Waals surface area contributed by atoms with Crippen LogP contribution in [-0.4, -0.2) is 32.7 Å². The van der Waals surface area contributed by atoms with Gasteiger partial charge in [0, 0.05) is 26.2 Å². The smallest absolute Gasteiger partial charge is 0.223 e. The van der Waals surface area contributed by atoms with Crippen LogP contribution in [0, 0.1) is 17.3 Å². The van der Waals surface area contributed by atoms with E-state index in [1.54, 1.807) is 7.11 Å². The van der Waals surface area contributed by atoms with E-state index in [0.717, 1.165) is 32.3 Å². The van der Waals surface area contributed by atoms with Crippen molar-refractivity contribution in [3.63, 3.8) is 0 Å². The van der Waals surface area contributed by atoms with Crippen LogP contribution in [0.2, 0.25) is 0 Å². The van der Waals surface area contributed by atoms with Crippen LogP contribution < -0.4 is 11.1 Å². The van der Waals surface area contributed by atoms with Gasteiger partial charge in [0.25, 0.3) is 0 Å². The average molecular weight is 270 g/mol. The second-order valence-corrected chi connectivity index (χ2v) is 6.51. The van der Waals surface area contributed by atoms with Gasteiger partial charge in [-0.25, -0.2) is 0 Å². The third-order valence-electron chi connectivity index (χ3n) is 4.27. The van der Waals surface area contributed by atoms with E-state index in [9.17, 15) is 4.79 Å². The van der Waals surface area contributed by atoms with Crippen LogP contribution in [0.5, 0.6) is 0 Å². The minimum absolute atomic E-state index is 0.0819. The highest BCUT2D eigenvalue weighted by Gasteiger charge is 2.30. The third-order valence-corrected chi connectivity index (χ3v) is 4.27. The van der Waals surface area contributed by atoms with Gasteiger partial charge >= 0.3 is 0 Å². The van der Waals surface area contributed by atoms with Gasteiger partial charge in [-0.05, 0) is 37.1 Å². The van der Waals surface area contributed by atoms with Crippen molar-refractivity contribution in [1.29, 1.82) is 0 Å². The average Bonchev–Trinajstić information content (AvgIpc) is 2.42. The summed E-state index contributed by atoms with van der Waals surface area (Å²) in [5.41, 5.74) is 5.86. The Morgan fingerprint density at radius 2 is 2.05 bits per heavy atom. The Kier molecular flexibility index (Phi) is 6.80. The summed E-state index contributed by atoms with van der Waals surface area (Å²) in [5, 5.41) is 3.12. The molecule has 4 nitrogen and oxygen atoms in total. The molecule has 1 fully saturated rings. The van der Waals surface area contributed by atoms with E-state index in [-0.39, 0.29) is 17.2 Å². The molecule has 1 amide bonds. The topological polar surface area (TPSA) is 64.3 Å². The Labute approximate surface area is 117 Å². The van der Waals surface area contributed by atoms with Crippen LogP contribution >= 0.6 is 0 Å². The van der Waals surface area contributed by atoms with Crippen LogP contribution in [0.3, 0.4) is 0 Å². The van der Waals surface area contributed by atoms with Gasteiger partial charge in [0.15, 0.2) is 0 Å². The van der Waals surface area contributed by atoms with Gasteiger partial charge in [-0.2, -0.15) is 0 Å². The van der Waals surface area contributed by atoms with E-state index in [1.165, 1.54) is 6.42 Å². The molecule has 1 aliphatic rings. The highest BCUT2D eigenvalue weighted by atomic mass is 16.5. The first-order chi connectivity index (χ1) is 9.00. The van der Waals surface area contributed by atoms with Gasteiger partial charge in [0.1, 0.15) is 0 Å². The molecule has 2 atom stereocenters. The zero-order chi connectivity index (χ0) is 14.3. The van der Waals surface area contributed by atoms with Crippen molar-refractivity contribution >= 4 is 5.91 Å². The maximum atomic E-state index is 12.3. The van der Waals surface area contributed by atoms with Gasteiger partial charge in [0.2, 0.25) is 5.91 Å². The quantitative estimate of drug-likeness (QED) is 0.743. The van der Waals surface area contributed by atoms with E-state index >= 15 is 0 Å². The van der Waals surface area contributed by atoms with E-state index in [0.29, 0.717) is 19.0 Å². The van der Waals surface area contributed by atoms with Gasteiger partial charge < -0.3 is 15.8 Å². The molecule has 2 unspecified atom stereocenters. The lowest BCUT2D eigenvalue weighted by Gasteiger charge is -2.31. The van der Waals surface area contributed by atoms with E-state index in [4.69, 9.17) is 10.5 Å². The van der Waals surface area contributed by atoms with Crippen molar-refractivity contribution in [3.8, 4) is 0 Å². The molecule has 0 bridgehead atoms. The molecule has 3 N–H and O–H groups in total. The van der Waals surface area contributed by atoms with Gasteiger partial charge in [-0.3, -0.25) is 4.79 Å². The predicted octanol–water partition coefficient (Wildman–Crippen LogP) is 1.93. The summed E-state index contributed by atoms with van der Waals surface area (Å²) >= 11 is 0. The van der Waals surface area contributed by atoms with Gasteiger partial charge in [-0.15, -0.1) is 0 Å². The molecule has 0 spiro atoms. The van der Waals surface area contributed by atoms with Crippen LogP contribution in [-0.2, 0) is 9.53 Å². The third kappa shape index (κ3) is 5.49. The van der Waals surface area contributed by atoms with Crippen molar-refractivity contribution in [1.82, 2.24) is 5.32 Å². The highest BCUT2D eigenvalue weighted by Crippen LogP contribution is 2.29. The second-order valence-electron chi connectivity index (χ2n) is 6.51. The number of nitrogens with one attached hydrogen (secondary N) is 1. The number of methoxy groups -OCH3 is 1. The van der Waals surface area contributed by atoms with Crippen molar-refractivity contribution in [2.75, 3.05) is 26.8 Å². The zero-order valence-electron chi connectivity index (χ0n) is 12.7. The molecule has 0 heterocycles. The number of ether oxygens (including phenoxy) is 1. The fraction of sp³-hybridized carbons (Fsp3) is 0.933. The van der Waals surface area contributed by atoms with E-state index in [1.807, 2.05) is 0 Å². The number of rotatable bonds is 7. The fourth-order valence-electron chi connectivity index (χ4n) is 2.76. The summed E-state index contributed by atoms with van der Waals surface area (Å²) in [6.07, 6.45) is 5.41. The molecular formula is C15H30N2O2. The summed E-state index contributed by atoms with van der Waals surface area (Å²) in [7, 11) is 1.71. The molecule has 112 valence electrons. The van der Waals surface area contributed by atoms with Crippen molar-refractivity contribution in [2.24, 2.45) is 23.0 Å². The maximum Gasteiger partial charge on any atom is 0.223 e. The largest absolute Gasteiger partial charge is 0.385 e. The first-order valence-corrected chi connectivity index (χ1v) is 7.47. The molecule has 0 aromatic rings. The summed E-state index contributed by atoms with van der Waals surface area (Å²) in [5.74, 6) is 0.688. The van der Waals surface area contributed by atoms with E-state index < -0.39 is 0 Å². The first-order valence-electron chi connectivity index (χ1n) is 7.47. The Bertz CT molecular complexity index is 279. The van der Waals surface area contributed by atoms with Crippen LogP contribution in [0.25, 0.3) is 0 Å². The summed E-state index contributed by atoms with van der Waals surface area (Å²) in [6.45, 7) is 6.40. The molecule has 4 heteroatoms. The molecule has 0 aromatic heterocycles. The summed E-state index contributed by atoms with van der Waals surface area (Å²) < 4.78 is 5.11. The number of hydrogen-bond donors (Lipinski definition) is 2. The van der Waals surface area contributed by atoms with Crippen LogP contribution in [0.4, 0.5) is 0 Å². The fourth-order valence-corrected chi connectivity index (χ4v) is 2.76. The molecule has 1 saturated carbocycles. The number of hydrogen-bond acceptors (Lipinski definition) is 3. The Balaban J connectivity index is 2.41. The predicted molar refractivity (Wildman–Crippen MR) is 77.8 cm³/mol. The first kappa shape index (κ1) is 16.4. The van der Waals surface area contributed by atoms with Crippen molar-refractivity contribution < 1.29 is 9.53 Å². The summed E-state index contributed by atoms with van der Waals surface area (Å²) in [6, 6.07) is 0. The number of carbonyl (C=O) groups is 1. The Morgan fingerprint density at radius 3 is 2.68 bits per heavy atom. The minimum atomic E-state index is 0.0819. The molecule has 0 radical (unpaired) electrons.